The molecule has 0 atom stereocenters. The van der Waals surface area contributed by atoms with E-state index in [4.69, 9.17) is 13.9 Å². The minimum absolute atomic E-state index is 0.740. The van der Waals surface area contributed by atoms with Crippen LogP contribution in [-0.4, -0.2) is 27.8 Å². The van der Waals surface area contributed by atoms with Crippen LogP contribution in [0.4, 0.5) is 0 Å². The monoisotopic (exact) mass is 235 g/mol. The van der Waals surface area contributed by atoms with Crippen LogP contribution in [0.1, 0.15) is 5.56 Å². The van der Waals surface area contributed by atoms with E-state index in [1.54, 1.807) is 20.5 Å². The van der Waals surface area contributed by atoms with Crippen molar-refractivity contribution in [3.05, 3.63) is 24.0 Å². The van der Waals surface area contributed by atoms with Crippen LogP contribution in [0.3, 0.4) is 0 Å². The second kappa shape index (κ2) is 5.10. The molecule has 0 fully saturated rings. The Kier molecular flexibility index (Phi) is 3.54. The highest BCUT2D eigenvalue weighted by molar-refractivity contribution is 5.89. The second-order valence-electron chi connectivity index (χ2n) is 3.82. The SMILES string of the molecule is CNCCc1coc2cc(OC)cc(OC)c12. The van der Waals surface area contributed by atoms with Gasteiger partial charge >= 0.3 is 0 Å². The van der Waals surface area contributed by atoms with E-state index in [-0.39, 0.29) is 0 Å². The van der Waals surface area contributed by atoms with Gasteiger partial charge in [0.05, 0.1) is 25.9 Å². The van der Waals surface area contributed by atoms with Crippen LogP contribution in [0.2, 0.25) is 0 Å². The molecule has 0 aliphatic heterocycles. The summed E-state index contributed by atoms with van der Waals surface area (Å²) in [5, 5.41) is 4.15. The minimum atomic E-state index is 0.740. The zero-order valence-corrected chi connectivity index (χ0v) is 10.4. The summed E-state index contributed by atoms with van der Waals surface area (Å²) < 4.78 is 16.1. The van der Waals surface area contributed by atoms with Crippen LogP contribution in [0.25, 0.3) is 11.0 Å². The van der Waals surface area contributed by atoms with Gasteiger partial charge in [-0.3, -0.25) is 0 Å². The summed E-state index contributed by atoms with van der Waals surface area (Å²) in [7, 11) is 5.22. The third-order valence-electron chi connectivity index (χ3n) is 2.79. The van der Waals surface area contributed by atoms with Crippen LogP contribution in [0, 0.1) is 0 Å². The molecule has 1 heterocycles. The number of hydrogen-bond acceptors (Lipinski definition) is 4. The standard InChI is InChI=1S/C13H17NO3/c1-14-5-4-9-8-17-12-7-10(15-2)6-11(16-3)13(9)12/h6-8,14H,4-5H2,1-3H3. The Hall–Kier alpha value is -1.68. The molecule has 0 saturated heterocycles. The van der Waals surface area contributed by atoms with E-state index in [1.165, 1.54) is 0 Å². The number of furan rings is 1. The molecule has 4 heteroatoms. The lowest BCUT2D eigenvalue weighted by Crippen LogP contribution is -2.10. The molecule has 2 rings (SSSR count). The number of ether oxygens (including phenoxy) is 2. The van der Waals surface area contributed by atoms with Crippen molar-refractivity contribution in [3.63, 3.8) is 0 Å². The van der Waals surface area contributed by atoms with Gasteiger partial charge < -0.3 is 19.2 Å². The summed E-state index contributed by atoms with van der Waals surface area (Å²) in [6, 6.07) is 3.75. The lowest BCUT2D eigenvalue weighted by molar-refractivity contribution is 0.397. The Labute approximate surface area is 101 Å². The number of benzene rings is 1. The third kappa shape index (κ3) is 2.22. The van der Waals surface area contributed by atoms with E-state index < -0.39 is 0 Å². The molecule has 4 nitrogen and oxygen atoms in total. The average Bonchev–Trinajstić information content (AvgIpc) is 2.78. The maximum absolute atomic E-state index is 5.54. The molecule has 0 saturated carbocycles. The first kappa shape index (κ1) is 11.8. The van der Waals surface area contributed by atoms with Crippen molar-refractivity contribution in [1.82, 2.24) is 5.32 Å². The predicted molar refractivity (Wildman–Crippen MR) is 66.9 cm³/mol. The van der Waals surface area contributed by atoms with Crippen molar-refractivity contribution in [2.24, 2.45) is 0 Å². The lowest BCUT2D eigenvalue weighted by Gasteiger charge is -2.06. The van der Waals surface area contributed by atoms with Gasteiger partial charge in [0.15, 0.2) is 0 Å². The van der Waals surface area contributed by atoms with Gasteiger partial charge in [-0.1, -0.05) is 0 Å². The van der Waals surface area contributed by atoms with Crippen molar-refractivity contribution < 1.29 is 13.9 Å². The number of rotatable bonds is 5. The fraction of sp³-hybridized carbons (Fsp3) is 0.385. The number of fused-ring (bicyclic) bond motifs is 1. The van der Waals surface area contributed by atoms with Gasteiger partial charge in [0.25, 0.3) is 0 Å². The summed E-state index contributed by atoms with van der Waals surface area (Å²) in [6.45, 7) is 0.907. The smallest absolute Gasteiger partial charge is 0.141 e. The Balaban J connectivity index is 2.50. The topological polar surface area (TPSA) is 43.6 Å². The molecule has 0 amide bonds. The molecule has 92 valence electrons. The lowest BCUT2D eigenvalue weighted by atomic mass is 10.1. The molecule has 0 aliphatic carbocycles. The van der Waals surface area contributed by atoms with Crippen LogP contribution >= 0.6 is 0 Å². The van der Waals surface area contributed by atoms with E-state index in [1.807, 2.05) is 19.2 Å². The van der Waals surface area contributed by atoms with Gasteiger partial charge in [-0.2, -0.15) is 0 Å². The number of nitrogens with one attached hydrogen (secondary N) is 1. The average molecular weight is 235 g/mol. The van der Waals surface area contributed by atoms with Gasteiger partial charge in [-0.15, -0.1) is 0 Å². The van der Waals surface area contributed by atoms with Gasteiger partial charge in [0, 0.05) is 17.7 Å². The first-order chi connectivity index (χ1) is 8.30. The fourth-order valence-electron chi connectivity index (χ4n) is 1.89. The zero-order chi connectivity index (χ0) is 12.3. The van der Waals surface area contributed by atoms with Gasteiger partial charge in [-0.25, -0.2) is 0 Å². The fourth-order valence-corrected chi connectivity index (χ4v) is 1.89. The summed E-state index contributed by atoms with van der Waals surface area (Å²) >= 11 is 0. The highest BCUT2D eigenvalue weighted by atomic mass is 16.5. The van der Waals surface area contributed by atoms with Crippen molar-refractivity contribution in [3.8, 4) is 11.5 Å². The van der Waals surface area contributed by atoms with E-state index in [9.17, 15) is 0 Å². The summed E-state index contributed by atoms with van der Waals surface area (Å²) in [5.41, 5.74) is 1.95. The molecule has 0 unspecified atom stereocenters. The van der Waals surface area contributed by atoms with E-state index in [2.05, 4.69) is 5.32 Å². The summed E-state index contributed by atoms with van der Waals surface area (Å²) in [5.74, 6) is 1.53. The maximum Gasteiger partial charge on any atom is 0.141 e. The third-order valence-corrected chi connectivity index (χ3v) is 2.79. The summed E-state index contributed by atoms with van der Waals surface area (Å²) in [6.07, 6.45) is 2.69. The molecule has 0 bridgehead atoms. The Morgan fingerprint density at radius 3 is 2.71 bits per heavy atom. The van der Waals surface area contributed by atoms with E-state index in [0.717, 1.165) is 41.0 Å². The number of hydrogen-bond donors (Lipinski definition) is 1. The molecule has 17 heavy (non-hydrogen) atoms. The van der Waals surface area contributed by atoms with Gasteiger partial charge in [0.2, 0.25) is 0 Å². The van der Waals surface area contributed by atoms with Crippen LogP contribution < -0.4 is 14.8 Å². The molecule has 0 aliphatic rings. The quantitative estimate of drug-likeness (QED) is 0.863. The highest BCUT2D eigenvalue weighted by Crippen LogP contribution is 2.34. The maximum atomic E-state index is 5.54. The van der Waals surface area contributed by atoms with Crippen LogP contribution in [-0.2, 0) is 6.42 Å². The van der Waals surface area contributed by atoms with E-state index in [0.29, 0.717) is 0 Å². The number of methoxy groups -OCH3 is 2. The highest BCUT2D eigenvalue weighted by Gasteiger charge is 2.13. The zero-order valence-electron chi connectivity index (χ0n) is 10.4. The van der Waals surface area contributed by atoms with Crippen LogP contribution in [0.5, 0.6) is 11.5 Å². The molecular formula is C13H17NO3. The molecular weight excluding hydrogens is 218 g/mol. The largest absolute Gasteiger partial charge is 0.496 e. The Bertz CT molecular complexity index is 505. The van der Waals surface area contributed by atoms with Crippen molar-refractivity contribution in [2.75, 3.05) is 27.8 Å². The first-order valence-electron chi connectivity index (χ1n) is 5.57. The molecule has 1 N–H and O–H groups in total. The first-order valence-corrected chi connectivity index (χ1v) is 5.57. The molecule has 2 aromatic rings. The Morgan fingerprint density at radius 1 is 1.24 bits per heavy atom. The van der Waals surface area contributed by atoms with Crippen molar-refractivity contribution >= 4 is 11.0 Å². The van der Waals surface area contributed by atoms with Crippen molar-refractivity contribution in [1.29, 1.82) is 0 Å². The van der Waals surface area contributed by atoms with Gasteiger partial charge in [-0.05, 0) is 20.0 Å². The Morgan fingerprint density at radius 2 is 2.06 bits per heavy atom. The predicted octanol–water partition coefficient (Wildman–Crippen LogP) is 2.21. The molecule has 1 aromatic heterocycles. The molecule has 0 spiro atoms. The second-order valence-corrected chi connectivity index (χ2v) is 3.82. The van der Waals surface area contributed by atoms with Crippen LogP contribution in [0.15, 0.2) is 22.8 Å². The minimum Gasteiger partial charge on any atom is -0.496 e. The normalized spacial score (nSPS) is 10.8. The van der Waals surface area contributed by atoms with Crippen molar-refractivity contribution in [2.45, 2.75) is 6.42 Å². The van der Waals surface area contributed by atoms with Gasteiger partial charge in [0.1, 0.15) is 17.1 Å². The number of likely N-dealkylation sites (N-methyl/N-ethyl adjacent to an activating group) is 1. The molecule has 0 radical (unpaired) electrons. The molecule has 1 aromatic carbocycles. The summed E-state index contributed by atoms with van der Waals surface area (Å²) in [4.78, 5) is 0. The van der Waals surface area contributed by atoms with E-state index >= 15 is 0 Å².